The minimum absolute atomic E-state index is 0.0243. The van der Waals surface area contributed by atoms with Gasteiger partial charge in [0.1, 0.15) is 12.2 Å². The van der Waals surface area contributed by atoms with Crippen LogP contribution in [0.3, 0.4) is 0 Å². The minimum Gasteiger partial charge on any atom is -0.458 e. The third-order valence-corrected chi connectivity index (χ3v) is 1.73. The van der Waals surface area contributed by atoms with Crippen molar-refractivity contribution in [2.24, 2.45) is 0 Å². The Hall–Kier alpha value is -0.540. The summed E-state index contributed by atoms with van der Waals surface area (Å²) in [7, 11) is 0. The molecule has 0 aromatic heterocycles. The Morgan fingerprint density at radius 2 is 2.00 bits per heavy atom. The quantitative estimate of drug-likeness (QED) is 0.301. The first-order valence-corrected chi connectivity index (χ1v) is 5.99. The van der Waals surface area contributed by atoms with Gasteiger partial charge >= 0.3 is 5.97 Å². The lowest BCUT2D eigenvalue weighted by molar-refractivity contribution is -0.160. The molecule has 3 nitrogen and oxygen atoms in total. The number of unbranched alkanes of at least 4 members (excludes halogenated alkanes) is 1. The van der Waals surface area contributed by atoms with Crippen molar-refractivity contribution in [3.05, 3.63) is 12.2 Å². The number of allylic oxidation sites excluding steroid dienone is 2. The molecule has 0 fully saturated rings. The fourth-order valence-corrected chi connectivity index (χ4v) is 1.14. The summed E-state index contributed by atoms with van der Waals surface area (Å²) in [6, 6.07) is 0. The Morgan fingerprint density at radius 1 is 1.31 bits per heavy atom. The van der Waals surface area contributed by atoms with Crippen LogP contribution >= 0.6 is 11.6 Å². The second-order valence-electron chi connectivity index (χ2n) is 4.41. The van der Waals surface area contributed by atoms with Gasteiger partial charge in [-0.2, -0.15) is 0 Å². The zero-order chi connectivity index (χ0) is 12.4. The van der Waals surface area contributed by atoms with Gasteiger partial charge in [0.25, 0.3) is 0 Å². The van der Waals surface area contributed by atoms with Gasteiger partial charge in [0.05, 0.1) is 0 Å². The Morgan fingerprint density at radius 3 is 2.56 bits per heavy atom. The van der Waals surface area contributed by atoms with Gasteiger partial charge in [-0.3, -0.25) is 0 Å². The lowest BCUT2D eigenvalue weighted by Crippen LogP contribution is -2.26. The fourth-order valence-electron chi connectivity index (χ4n) is 1.01. The van der Waals surface area contributed by atoms with E-state index in [0.29, 0.717) is 12.5 Å². The van der Waals surface area contributed by atoms with Crippen molar-refractivity contribution < 1.29 is 14.3 Å². The maximum Gasteiger partial charge on any atom is 0.332 e. The molecule has 0 aliphatic heterocycles. The summed E-state index contributed by atoms with van der Waals surface area (Å²) in [6.07, 6.45) is 5.70. The molecule has 0 N–H and O–H groups in total. The van der Waals surface area contributed by atoms with E-state index in [4.69, 9.17) is 21.1 Å². The average molecular weight is 249 g/mol. The van der Waals surface area contributed by atoms with E-state index >= 15 is 0 Å². The van der Waals surface area contributed by atoms with Crippen LogP contribution in [-0.4, -0.2) is 30.7 Å². The summed E-state index contributed by atoms with van der Waals surface area (Å²) in [5, 5.41) is 0. The number of carbonyl (C=O) groups excluding carboxylic acids is 1. The van der Waals surface area contributed by atoms with Crippen LogP contribution in [-0.2, 0) is 14.3 Å². The van der Waals surface area contributed by atoms with Crippen molar-refractivity contribution in [1.29, 1.82) is 0 Å². The van der Waals surface area contributed by atoms with Crippen molar-refractivity contribution in [2.45, 2.75) is 39.2 Å². The van der Waals surface area contributed by atoms with E-state index in [-0.39, 0.29) is 12.6 Å². The molecule has 4 heteroatoms. The fraction of sp³-hybridized carbons (Fsp3) is 0.750. The summed E-state index contributed by atoms with van der Waals surface area (Å²) in [5.41, 5.74) is -0.441. The zero-order valence-electron chi connectivity index (χ0n) is 10.3. The molecule has 16 heavy (non-hydrogen) atoms. The number of alkyl halides is 1. The summed E-state index contributed by atoms with van der Waals surface area (Å²) < 4.78 is 10.3. The predicted octanol–water partition coefficient (Wildman–Crippen LogP) is 2.92. The molecule has 0 aliphatic rings. The lowest BCUT2D eigenvalue weighted by atomic mass is 10.2. The highest BCUT2D eigenvalue weighted by Crippen LogP contribution is 2.06. The monoisotopic (exact) mass is 248 g/mol. The van der Waals surface area contributed by atoms with Gasteiger partial charge in [-0.25, -0.2) is 4.79 Å². The van der Waals surface area contributed by atoms with Gasteiger partial charge in [0.15, 0.2) is 0 Å². The number of carbonyl (C=O) groups is 1. The molecule has 0 saturated heterocycles. The molecule has 0 saturated carbocycles. The van der Waals surface area contributed by atoms with Gasteiger partial charge in [-0.1, -0.05) is 12.2 Å². The van der Waals surface area contributed by atoms with E-state index in [1.54, 1.807) is 0 Å². The number of ether oxygens (including phenoxy) is 2. The Balaban J connectivity index is 3.38. The molecule has 94 valence electrons. The summed E-state index contributed by atoms with van der Waals surface area (Å²) >= 11 is 5.47. The first-order chi connectivity index (χ1) is 7.45. The smallest absolute Gasteiger partial charge is 0.332 e. The van der Waals surface area contributed by atoms with Crippen LogP contribution < -0.4 is 0 Å². The Bertz CT molecular complexity index is 219. The number of hydrogen-bond donors (Lipinski definition) is 0. The van der Waals surface area contributed by atoms with Gasteiger partial charge in [-0.15, -0.1) is 11.6 Å². The van der Waals surface area contributed by atoms with Crippen molar-refractivity contribution in [1.82, 2.24) is 0 Å². The highest BCUT2D eigenvalue weighted by atomic mass is 35.5. The van der Waals surface area contributed by atoms with Crippen molar-refractivity contribution in [3.63, 3.8) is 0 Å². The SMILES string of the molecule is CC(C)(C)OC(=O)COCCC/C=C/CCl. The molecule has 0 aliphatic carbocycles. The van der Waals surface area contributed by atoms with Crippen LogP contribution in [0.25, 0.3) is 0 Å². The molecule has 0 bridgehead atoms. The molecular formula is C12H21ClO3. The summed E-state index contributed by atoms with van der Waals surface area (Å²) in [4.78, 5) is 11.2. The van der Waals surface area contributed by atoms with E-state index in [0.717, 1.165) is 12.8 Å². The van der Waals surface area contributed by atoms with Crippen LogP contribution in [0.5, 0.6) is 0 Å². The second kappa shape index (κ2) is 8.59. The third kappa shape index (κ3) is 11.5. The highest BCUT2D eigenvalue weighted by Gasteiger charge is 2.15. The Kier molecular flexibility index (Phi) is 8.30. The topological polar surface area (TPSA) is 35.5 Å². The van der Waals surface area contributed by atoms with Crippen LogP contribution in [0.15, 0.2) is 12.2 Å². The summed E-state index contributed by atoms with van der Waals surface area (Å²) in [5.74, 6) is 0.225. The first-order valence-electron chi connectivity index (χ1n) is 5.46. The normalized spacial score (nSPS) is 12.0. The second-order valence-corrected chi connectivity index (χ2v) is 4.72. The van der Waals surface area contributed by atoms with Crippen LogP contribution in [0.2, 0.25) is 0 Å². The van der Waals surface area contributed by atoms with Crippen molar-refractivity contribution in [3.8, 4) is 0 Å². The maximum absolute atomic E-state index is 11.2. The van der Waals surface area contributed by atoms with Gasteiger partial charge in [0.2, 0.25) is 0 Å². The molecule has 0 rings (SSSR count). The van der Waals surface area contributed by atoms with Gasteiger partial charge < -0.3 is 9.47 Å². The van der Waals surface area contributed by atoms with E-state index in [1.807, 2.05) is 32.9 Å². The molecule has 0 unspecified atom stereocenters. The molecule has 0 aromatic rings. The van der Waals surface area contributed by atoms with Crippen molar-refractivity contribution >= 4 is 17.6 Å². The van der Waals surface area contributed by atoms with E-state index in [9.17, 15) is 4.79 Å². The third-order valence-electron chi connectivity index (χ3n) is 1.56. The molecular weight excluding hydrogens is 228 g/mol. The van der Waals surface area contributed by atoms with E-state index < -0.39 is 5.60 Å². The number of halogens is 1. The van der Waals surface area contributed by atoms with Crippen molar-refractivity contribution in [2.75, 3.05) is 19.1 Å². The number of esters is 1. The van der Waals surface area contributed by atoms with Crippen LogP contribution in [0, 0.1) is 0 Å². The van der Waals surface area contributed by atoms with Crippen LogP contribution in [0.4, 0.5) is 0 Å². The molecule has 0 heterocycles. The highest BCUT2D eigenvalue weighted by molar-refractivity contribution is 6.18. The largest absolute Gasteiger partial charge is 0.458 e. The molecule has 0 spiro atoms. The van der Waals surface area contributed by atoms with Gasteiger partial charge in [-0.05, 0) is 33.6 Å². The lowest BCUT2D eigenvalue weighted by Gasteiger charge is -2.19. The van der Waals surface area contributed by atoms with Gasteiger partial charge in [0, 0.05) is 12.5 Å². The molecule has 0 aromatic carbocycles. The minimum atomic E-state index is -0.441. The molecule has 0 atom stereocenters. The molecule has 0 amide bonds. The molecule has 0 radical (unpaired) electrons. The zero-order valence-corrected chi connectivity index (χ0v) is 11.0. The number of hydrogen-bond acceptors (Lipinski definition) is 3. The Labute approximate surface area is 103 Å². The number of rotatable bonds is 7. The standard InChI is InChI=1S/C12H21ClO3/c1-12(2,3)16-11(14)10-15-9-7-5-4-6-8-13/h4,6H,5,7-10H2,1-3H3/b6-4+. The first kappa shape index (κ1) is 15.5. The summed E-state index contributed by atoms with van der Waals surface area (Å²) in [6.45, 7) is 6.09. The maximum atomic E-state index is 11.2. The average Bonchev–Trinajstić information content (AvgIpc) is 2.13. The van der Waals surface area contributed by atoms with E-state index in [2.05, 4.69) is 0 Å². The van der Waals surface area contributed by atoms with Crippen LogP contribution in [0.1, 0.15) is 33.6 Å². The van der Waals surface area contributed by atoms with E-state index in [1.165, 1.54) is 0 Å². The predicted molar refractivity (Wildman–Crippen MR) is 65.8 cm³/mol.